The molecule has 14 heavy (non-hydrogen) atoms. The molecule has 1 aromatic heterocycles. The Morgan fingerprint density at radius 2 is 2.50 bits per heavy atom. The molecule has 2 N–H and O–H groups in total. The van der Waals surface area contributed by atoms with Gasteiger partial charge in [0.05, 0.1) is 5.01 Å². The third kappa shape index (κ3) is 4.34. The maximum absolute atomic E-state index is 10.2. The third-order valence-corrected chi connectivity index (χ3v) is 2.63. The Kier molecular flexibility index (Phi) is 4.55. The Bertz CT molecular complexity index is 299. The lowest BCUT2D eigenvalue weighted by atomic mass is 10.3. The maximum Gasteiger partial charge on any atom is 0.303 e. The number of hydrogen-bond donors (Lipinski definition) is 2. The van der Waals surface area contributed by atoms with Crippen molar-refractivity contribution in [1.29, 1.82) is 0 Å². The molecule has 1 rings (SSSR count). The van der Waals surface area contributed by atoms with Gasteiger partial charge in [0.2, 0.25) is 0 Å². The molecule has 0 fully saturated rings. The number of carboxylic acids is 1. The molecule has 0 amide bonds. The summed E-state index contributed by atoms with van der Waals surface area (Å²) in [5.74, 6) is -0.736. The Labute approximate surface area is 87.0 Å². The monoisotopic (exact) mass is 214 g/mol. The van der Waals surface area contributed by atoms with E-state index in [1.165, 1.54) is 4.88 Å². The van der Waals surface area contributed by atoms with E-state index < -0.39 is 5.97 Å². The fourth-order valence-corrected chi connectivity index (χ4v) is 1.83. The predicted octanol–water partition coefficient (Wildman–Crippen LogP) is 1.41. The summed E-state index contributed by atoms with van der Waals surface area (Å²) in [7, 11) is 0. The molecular formula is C9H14N2O2S. The number of aryl methyl sites for hydroxylation is 1. The number of aliphatic carboxylic acids is 1. The molecule has 0 spiro atoms. The van der Waals surface area contributed by atoms with Gasteiger partial charge in [-0.15, -0.1) is 11.3 Å². The van der Waals surface area contributed by atoms with Crippen LogP contribution in [0.3, 0.4) is 0 Å². The van der Waals surface area contributed by atoms with Crippen molar-refractivity contribution in [2.24, 2.45) is 0 Å². The molecular weight excluding hydrogens is 200 g/mol. The topological polar surface area (TPSA) is 62.2 Å². The molecule has 78 valence electrons. The van der Waals surface area contributed by atoms with Gasteiger partial charge in [-0.3, -0.25) is 4.79 Å². The Morgan fingerprint density at radius 3 is 3.07 bits per heavy atom. The highest BCUT2D eigenvalue weighted by molar-refractivity contribution is 7.11. The first kappa shape index (κ1) is 11.1. The average molecular weight is 214 g/mol. The average Bonchev–Trinajstić information content (AvgIpc) is 2.50. The normalized spacial score (nSPS) is 10.4. The summed E-state index contributed by atoms with van der Waals surface area (Å²) in [5.41, 5.74) is 0. The molecule has 1 heterocycles. The molecule has 0 aliphatic heterocycles. The van der Waals surface area contributed by atoms with E-state index in [4.69, 9.17) is 5.11 Å². The van der Waals surface area contributed by atoms with Crippen LogP contribution >= 0.6 is 11.3 Å². The van der Waals surface area contributed by atoms with Crippen LogP contribution in [0.25, 0.3) is 0 Å². The Hall–Kier alpha value is -0.940. The first-order chi connectivity index (χ1) is 6.68. The van der Waals surface area contributed by atoms with Crippen LogP contribution in [0, 0.1) is 6.92 Å². The number of carboxylic acid groups (broad SMARTS) is 1. The van der Waals surface area contributed by atoms with E-state index in [1.807, 2.05) is 13.1 Å². The number of hydrogen-bond acceptors (Lipinski definition) is 4. The van der Waals surface area contributed by atoms with E-state index >= 15 is 0 Å². The Morgan fingerprint density at radius 1 is 1.71 bits per heavy atom. The molecule has 0 bridgehead atoms. The second-order valence-corrected chi connectivity index (χ2v) is 4.34. The maximum atomic E-state index is 10.2. The van der Waals surface area contributed by atoms with Crippen molar-refractivity contribution in [2.75, 3.05) is 6.54 Å². The molecule has 0 saturated heterocycles. The summed E-state index contributed by atoms with van der Waals surface area (Å²) in [4.78, 5) is 15.5. The van der Waals surface area contributed by atoms with Crippen molar-refractivity contribution in [2.45, 2.75) is 26.3 Å². The van der Waals surface area contributed by atoms with Crippen LogP contribution in [0.15, 0.2) is 6.20 Å². The fraction of sp³-hybridized carbons (Fsp3) is 0.556. The summed E-state index contributed by atoms with van der Waals surface area (Å²) in [6, 6.07) is 0. The lowest BCUT2D eigenvalue weighted by molar-refractivity contribution is -0.137. The van der Waals surface area contributed by atoms with E-state index in [2.05, 4.69) is 10.3 Å². The van der Waals surface area contributed by atoms with E-state index in [1.54, 1.807) is 11.3 Å². The van der Waals surface area contributed by atoms with Gasteiger partial charge < -0.3 is 10.4 Å². The summed E-state index contributed by atoms with van der Waals surface area (Å²) in [5, 5.41) is 12.6. The first-order valence-electron chi connectivity index (χ1n) is 4.52. The van der Waals surface area contributed by atoms with Gasteiger partial charge in [-0.2, -0.15) is 0 Å². The fourth-order valence-electron chi connectivity index (χ4n) is 1.06. The standard InChI is InChI=1S/C9H14N2O2S/c1-7-11-6-8(14-7)5-10-4-2-3-9(12)13/h6,10H,2-5H2,1H3,(H,12,13). The molecule has 0 aliphatic rings. The van der Waals surface area contributed by atoms with Crippen LogP contribution in [0.2, 0.25) is 0 Å². The van der Waals surface area contributed by atoms with E-state index in [0.29, 0.717) is 6.42 Å². The smallest absolute Gasteiger partial charge is 0.303 e. The predicted molar refractivity (Wildman–Crippen MR) is 55.4 cm³/mol. The molecule has 0 aromatic carbocycles. The molecule has 1 aromatic rings. The minimum Gasteiger partial charge on any atom is -0.481 e. The van der Waals surface area contributed by atoms with Crippen molar-refractivity contribution in [3.63, 3.8) is 0 Å². The highest BCUT2D eigenvalue weighted by atomic mass is 32.1. The van der Waals surface area contributed by atoms with Crippen molar-refractivity contribution in [3.8, 4) is 0 Å². The first-order valence-corrected chi connectivity index (χ1v) is 5.34. The van der Waals surface area contributed by atoms with Crippen molar-refractivity contribution in [3.05, 3.63) is 16.1 Å². The number of thiazole rings is 1. The summed E-state index contributed by atoms with van der Waals surface area (Å²) in [6.07, 6.45) is 2.76. The molecule has 0 aliphatic carbocycles. The zero-order valence-electron chi connectivity index (χ0n) is 8.12. The zero-order valence-corrected chi connectivity index (χ0v) is 8.93. The number of nitrogens with one attached hydrogen (secondary N) is 1. The molecule has 5 heteroatoms. The SMILES string of the molecule is Cc1ncc(CNCCCC(=O)O)s1. The number of nitrogens with zero attached hydrogens (tertiary/aromatic N) is 1. The van der Waals surface area contributed by atoms with E-state index in [9.17, 15) is 4.79 Å². The van der Waals surface area contributed by atoms with Gasteiger partial charge in [-0.05, 0) is 19.9 Å². The van der Waals surface area contributed by atoms with E-state index in [-0.39, 0.29) is 6.42 Å². The Balaban J connectivity index is 2.07. The van der Waals surface area contributed by atoms with Crippen LogP contribution in [0.4, 0.5) is 0 Å². The quantitative estimate of drug-likeness (QED) is 0.703. The van der Waals surface area contributed by atoms with Gasteiger partial charge in [0, 0.05) is 24.0 Å². The highest BCUT2D eigenvalue weighted by Gasteiger charge is 1.98. The van der Waals surface area contributed by atoms with Crippen molar-refractivity contribution < 1.29 is 9.90 Å². The summed E-state index contributed by atoms with van der Waals surface area (Å²) in [6.45, 7) is 3.49. The minimum atomic E-state index is -0.736. The second-order valence-electron chi connectivity index (χ2n) is 3.02. The van der Waals surface area contributed by atoms with Gasteiger partial charge >= 0.3 is 5.97 Å². The minimum absolute atomic E-state index is 0.231. The van der Waals surface area contributed by atoms with Crippen LogP contribution in [0.5, 0.6) is 0 Å². The van der Waals surface area contributed by atoms with Gasteiger partial charge in [0.15, 0.2) is 0 Å². The molecule has 0 atom stereocenters. The molecule has 0 saturated carbocycles. The zero-order chi connectivity index (χ0) is 10.4. The number of carbonyl (C=O) groups is 1. The van der Waals surface area contributed by atoms with Crippen LogP contribution in [-0.4, -0.2) is 22.6 Å². The van der Waals surface area contributed by atoms with Crippen LogP contribution in [0.1, 0.15) is 22.7 Å². The van der Waals surface area contributed by atoms with Gasteiger partial charge in [-0.25, -0.2) is 4.98 Å². The van der Waals surface area contributed by atoms with Crippen LogP contribution in [-0.2, 0) is 11.3 Å². The molecule has 0 unspecified atom stereocenters. The summed E-state index contributed by atoms with van der Waals surface area (Å²) >= 11 is 1.66. The third-order valence-electron chi connectivity index (χ3n) is 1.71. The van der Waals surface area contributed by atoms with Crippen molar-refractivity contribution in [1.82, 2.24) is 10.3 Å². The van der Waals surface area contributed by atoms with E-state index in [0.717, 1.165) is 18.1 Å². The largest absolute Gasteiger partial charge is 0.481 e. The highest BCUT2D eigenvalue weighted by Crippen LogP contribution is 2.10. The molecule has 0 radical (unpaired) electrons. The van der Waals surface area contributed by atoms with Crippen LogP contribution < -0.4 is 5.32 Å². The lowest BCUT2D eigenvalue weighted by Crippen LogP contribution is -2.14. The van der Waals surface area contributed by atoms with Gasteiger partial charge in [0.25, 0.3) is 0 Å². The number of rotatable bonds is 6. The van der Waals surface area contributed by atoms with Crippen molar-refractivity contribution >= 4 is 17.3 Å². The lowest BCUT2D eigenvalue weighted by Gasteiger charge is -1.99. The summed E-state index contributed by atoms with van der Waals surface area (Å²) < 4.78 is 0. The van der Waals surface area contributed by atoms with Gasteiger partial charge in [0.1, 0.15) is 0 Å². The molecule has 4 nitrogen and oxygen atoms in total. The second kappa shape index (κ2) is 5.72. The number of aromatic nitrogens is 1. The van der Waals surface area contributed by atoms with Gasteiger partial charge in [-0.1, -0.05) is 0 Å².